The zero-order chi connectivity index (χ0) is 14.1. The maximum absolute atomic E-state index is 11.9. The van der Waals surface area contributed by atoms with Crippen molar-refractivity contribution in [3.63, 3.8) is 0 Å². The summed E-state index contributed by atoms with van der Waals surface area (Å²) in [4.78, 5) is 35.7. The SMILES string of the molecule is C=CC(=O)N(C)[C@@H](CC(C)=O)C(=O)NCCNC. The van der Waals surface area contributed by atoms with Crippen LogP contribution in [0.2, 0.25) is 0 Å². The summed E-state index contributed by atoms with van der Waals surface area (Å²) >= 11 is 0. The summed E-state index contributed by atoms with van der Waals surface area (Å²) in [5, 5.41) is 5.55. The number of carbonyl (C=O) groups is 3. The van der Waals surface area contributed by atoms with Gasteiger partial charge in [0.2, 0.25) is 11.8 Å². The number of amides is 2. The van der Waals surface area contributed by atoms with Crippen molar-refractivity contribution < 1.29 is 14.4 Å². The average molecular weight is 255 g/mol. The van der Waals surface area contributed by atoms with Crippen molar-refractivity contribution in [1.82, 2.24) is 15.5 Å². The molecule has 0 aliphatic carbocycles. The Morgan fingerprint density at radius 1 is 1.33 bits per heavy atom. The van der Waals surface area contributed by atoms with Crippen molar-refractivity contribution >= 4 is 17.6 Å². The summed E-state index contributed by atoms with van der Waals surface area (Å²) in [7, 11) is 3.25. The number of Topliss-reactive ketones (excluding diaryl/α,β-unsaturated/α-hetero) is 1. The molecule has 2 N–H and O–H groups in total. The zero-order valence-electron chi connectivity index (χ0n) is 11.2. The Bertz CT molecular complexity index is 329. The van der Waals surface area contributed by atoms with Gasteiger partial charge >= 0.3 is 0 Å². The minimum absolute atomic E-state index is 0.00146. The highest BCUT2D eigenvalue weighted by molar-refractivity contribution is 5.94. The van der Waals surface area contributed by atoms with Gasteiger partial charge < -0.3 is 15.5 Å². The molecule has 0 spiro atoms. The van der Waals surface area contributed by atoms with E-state index in [0.717, 1.165) is 6.08 Å². The van der Waals surface area contributed by atoms with Gasteiger partial charge in [-0.2, -0.15) is 0 Å². The number of rotatable bonds is 8. The van der Waals surface area contributed by atoms with E-state index in [0.29, 0.717) is 13.1 Å². The average Bonchev–Trinajstić information content (AvgIpc) is 2.34. The first kappa shape index (κ1) is 16.3. The second kappa shape index (κ2) is 8.41. The number of hydrogen-bond acceptors (Lipinski definition) is 4. The Morgan fingerprint density at radius 2 is 1.94 bits per heavy atom. The number of hydrogen-bond donors (Lipinski definition) is 2. The van der Waals surface area contributed by atoms with E-state index < -0.39 is 6.04 Å². The predicted molar refractivity (Wildman–Crippen MR) is 69.0 cm³/mol. The van der Waals surface area contributed by atoms with E-state index in [1.807, 2.05) is 0 Å². The van der Waals surface area contributed by atoms with Crippen LogP contribution in [0.3, 0.4) is 0 Å². The summed E-state index contributed by atoms with van der Waals surface area (Å²) in [5.74, 6) is -0.865. The van der Waals surface area contributed by atoms with Crippen molar-refractivity contribution in [1.29, 1.82) is 0 Å². The first-order valence-electron chi connectivity index (χ1n) is 5.75. The van der Waals surface area contributed by atoms with E-state index in [-0.39, 0.29) is 24.0 Å². The van der Waals surface area contributed by atoms with E-state index in [4.69, 9.17) is 0 Å². The van der Waals surface area contributed by atoms with Crippen molar-refractivity contribution in [2.24, 2.45) is 0 Å². The van der Waals surface area contributed by atoms with Gasteiger partial charge in [0.05, 0.1) is 0 Å². The molecule has 2 amide bonds. The second-order valence-corrected chi connectivity index (χ2v) is 3.97. The highest BCUT2D eigenvalue weighted by Gasteiger charge is 2.26. The van der Waals surface area contributed by atoms with E-state index in [9.17, 15) is 14.4 Å². The van der Waals surface area contributed by atoms with Gasteiger partial charge in [-0.15, -0.1) is 0 Å². The molecule has 0 aliphatic rings. The van der Waals surface area contributed by atoms with E-state index in [2.05, 4.69) is 17.2 Å². The molecule has 0 unspecified atom stereocenters. The molecule has 0 bridgehead atoms. The summed E-state index contributed by atoms with van der Waals surface area (Å²) in [6, 6.07) is -0.787. The molecule has 0 rings (SSSR count). The lowest BCUT2D eigenvalue weighted by Gasteiger charge is -2.25. The molecule has 1 atom stereocenters. The molecular weight excluding hydrogens is 234 g/mol. The Labute approximate surface area is 107 Å². The number of likely N-dealkylation sites (N-methyl/N-ethyl adjacent to an activating group) is 2. The van der Waals surface area contributed by atoms with Crippen LogP contribution in [0.1, 0.15) is 13.3 Å². The van der Waals surface area contributed by atoms with Crippen molar-refractivity contribution in [2.45, 2.75) is 19.4 Å². The van der Waals surface area contributed by atoms with Crippen LogP contribution in [-0.2, 0) is 14.4 Å². The number of nitrogens with one attached hydrogen (secondary N) is 2. The van der Waals surface area contributed by atoms with Crippen LogP contribution >= 0.6 is 0 Å². The summed E-state index contributed by atoms with van der Waals surface area (Å²) in [6.45, 7) is 5.82. The fourth-order valence-electron chi connectivity index (χ4n) is 1.40. The van der Waals surface area contributed by atoms with Crippen LogP contribution < -0.4 is 10.6 Å². The molecule has 0 saturated carbocycles. The molecule has 102 valence electrons. The maximum Gasteiger partial charge on any atom is 0.246 e. The first-order chi connectivity index (χ1) is 8.43. The van der Waals surface area contributed by atoms with Crippen LogP contribution in [-0.4, -0.2) is 55.7 Å². The van der Waals surface area contributed by atoms with Crippen LogP contribution in [0.4, 0.5) is 0 Å². The van der Waals surface area contributed by atoms with Gasteiger partial charge in [0, 0.05) is 26.6 Å². The quantitative estimate of drug-likeness (QED) is 0.445. The fraction of sp³-hybridized carbons (Fsp3) is 0.583. The van der Waals surface area contributed by atoms with Crippen LogP contribution in [0, 0.1) is 0 Å². The molecule has 6 heteroatoms. The molecule has 0 aromatic rings. The molecule has 0 fully saturated rings. The Morgan fingerprint density at radius 3 is 2.39 bits per heavy atom. The summed E-state index contributed by atoms with van der Waals surface area (Å²) in [5.41, 5.74) is 0. The van der Waals surface area contributed by atoms with Gasteiger partial charge in [0.15, 0.2) is 0 Å². The van der Waals surface area contributed by atoms with Gasteiger partial charge in [-0.05, 0) is 20.0 Å². The van der Waals surface area contributed by atoms with Crippen LogP contribution in [0.25, 0.3) is 0 Å². The van der Waals surface area contributed by atoms with E-state index >= 15 is 0 Å². The second-order valence-electron chi connectivity index (χ2n) is 3.97. The van der Waals surface area contributed by atoms with E-state index in [1.165, 1.54) is 18.9 Å². The van der Waals surface area contributed by atoms with E-state index in [1.54, 1.807) is 7.05 Å². The largest absolute Gasteiger partial charge is 0.353 e. The van der Waals surface area contributed by atoms with Crippen LogP contribution in [0.5, 0.6) is 0 Å². The molecule has 18 heavy (non-hydrogen) atoms. The smallest absolute Gasteiger partial charge is 0.246 e. The lowest BCUT2D eigenvalue weighted by atomic mass is 10.1. The van der Waals surface area contributed by atoms with Crippen molar-refractivity contribution in [3.05, 3.63) is 12.7 Å². The molecule has 0 saturated heterocycles. The maximum atomic E-state index is 11.9. The minimum Gasteiger partial charge on any atom is -0.353 e. The molecule has 0 aromatic heterocycles. The van der Waals surface area contributed by atoms with Crippen LogP contribution in [0.15, 0.2) is 12.7 Å². The third-order valence-electron chi connectivity index (χ3n) is 2.45. The number of carbonyl (C=O) groups excluding carboxylic acids is 3. The molecule has 6 nitrogen and oxygen atoms in total. The van der Waals surface area contributed by atoms with Crippen molar-refractivity contribution in [3.8, 4) is 0 Å². The lowest BCUT2D eigenvalue weighted by molar-refractivity contribution is -0.137. The lowest BCUT2D eigenvalue weighted by Crippen LogP contribution is -2.49. The normalized spacial score (nSPS) is 11.5. The predicted octanol–water partition coefficient (Wildman–Crippen LogP) is -0.686. The Hall–Kier alpha value is -1.69. The number of ketones is 1. The van der Waals surface area contributed by atoms with Gasteiger partial charge in [-0.25, -0.2) is 0 Å². The Balaban J connectivity index is 4.65. The Kier molecular flexibility index (Phi) is 7.62. The van der Waals surface area contributed by atoms with Gasteiger partial charge in [-0.3, -0.25) is 14.4 Å². The van der Waals surface area contributed by atoms with Gasteiger partial charge in [0.25, 0.3) is 0 Å². The molecule has 0 aromatic carbocycles. The first-order valence-corrected chi connectivity index (χ1v) is 5.75. The molecule has 0 aliphatic heterocycles. The zero-order valence-corrected chi connectivity index (χ0v) is 11.2. The fourth-order valence-corrected chi connectivity index (χ4v) is 1.40. The van der Waals surface area contributed by atoms with Gasteiger partial charge in [-0.1, -0.05) is 6.58 Å². The van der Waals surface area contributed by atoms with Gasteiger partial charge in [0.1, 0.15) is 11.8 Å². The highest BCUT2D eigenvalue weighted by atomic mass is 16.2. The molecular formula is C12H21N3O3. The summed E-state index contributed by atoms with van der Waals surface area (Å²) < 4.78 is 0. The standard InChI is InChI=1S/C12H21N3O3/c1-5-11(17)15(4)10(8-9(2)16)12(18)14-7-6-13-3/h5,10,13H,1,6-8H2,2-4H3,(H,14,18)/t10-/m0/s1. The highest BCUT2D eigenvalue weighted by Crippen LogP contribution is 2.04. The summed E-state index contributed by atoms with van der Waals surface area (Å²) in [6.07, 6.45) is 1.12. The molecule has 0 radical (unpaired) electrons. The topological polar surface area (TPSA) is 78.5 Å². The third-order valence-corrected chi connectivity index (χ3v) is 2.45. The third kappa shape index (κ3) is 5.58. The van der Waals surface area contributed by atoms with Crippen molar-refractivity contribution in [2.75, 3.05) is 27.2 Å². The monoisotopic (exact) mass is 255 g/mol. The number of nitrogens with zero attached hydrogens (tertiary/aromatic N) is 1. The molecule has 0 heterocycles. The minimum atomic E-state index is -0.787.